The number of benzene rings is 3. The van der Waals surface area contributed by atoms with E-state index in [1.54, 1.807) is 0 Å². The Morgan fingerprint density at radius 3 is 2.52 bits per heavy atom. The van der Waals surface area contributed by atoms with Crippen LogP contribution >= 0.6 is 0 Å². The zero-order valence-electron chi connectivity index (χ0n) is 19.2. The number of fused-ring (bicyclic) bond motifs is 2. The molecule has 2 atom stereocenters. The molecule has 3 aromatic rings. The van der Waals surface area contributed by atoms with Crippen LogP contribution in [-0.4, -0.2) is 37.9 Å². The lowest BCUT2D eigenvalue weighted by molar-refractivity contribution is 0.129. The fraction of sp³-hybridized carbons (Fsp3) is 0.321. The topological polar surface area (TPSA) is 43.3 Å². The molecular weight excluding hydrogens is 412 g/mol. The molecule has 5 rings (SSSR count). The van der Waals surface area contributed by atoms with Crippen LogP contribution in [0.25, 0.3) is 0 Å². The van der Waals surface area contributed by atoms with Crippen LogP contribution < -0.4 is 9.47 Å². The third kappa shape index (κ3) is 4.60. The van der Waals surface area contributed by atoms with E-state index in [2.05, 4.69) is 60.5 Å². The first-order valence-corrected chi connectivity index (χ1v) is 11.6. The van der Waals surface area contributed by atoms with E-state index in [1.807, 2.05) is 42.5 Å². The van der Waals surface area contributed by atoms with Gasteiger partial charge < -0.3 is 19.2 Å². The first kappa shape index (κ1) is 21.5. The van der Waals surface area contributed by atoms with Gasteiger partial charge in [0.05, 0.1) is 11.6 Å². The number of oxime groups is 1. The molecule has 0 aromatic heterocycles. The Morgan fingerprint density at radius 1 is 1.00 bits per heavy atom. The van der Waals surface area contributed by atoms with Gasteiger partial charge in [0.2, 0.25) is 0 Å². The Balaban J connectivity index is 1.39. The minimum atomic E-state index is -0.377. The highest BCUT2D eigenvalue weighted by atomic mass is 16.6. The quantitative estimate of drug-likeness (QED) is 0.336. The SMILES string of the molecule is CN(C)CCCON=C1c2ccc(OCc3ccccc3)cc2OC2(c3ccccc3)CC12. The summed E-state index contributed by atoms with van der Waals surface area (Å²) < 4.78 is 12.7. The van der Waals surface area contributed by atoms with Gasteiger partial charge in [0.25, 0.3) is 0 Å². The largest absolute Gasteiger partial charge is 0.489 e. The van der Waals surface area contributed by atoms with E-state index in [1.165, 1.54) is 5.56 Å². The standard InChI is InChI=1S/C28H30N2O3/c1-30(2)16-9-17-32-29-27-24-15-14-23(31-20-21-10-5-3-6-11-21)18-26(24)33-28(19-25(27)28)22-12-7-4-8-13-22/h3-8,10-15,18,25H,9,16-17,19-20H2,1-2H3. The van der Waals surface area contributed by atoms with E-state index in [-0.39, 0.29) is 11.5 Å². The molecule has 2 unspecified atom stereocenters. The molecule has 170 valence electrons. The summed E-state index contributed by atoms with van der Waals surface area (Å²) in [6.45, 7) is 2.09. The second-order valence-corrected chi connectivity index (χ2v) is 9.01. The molecule has 1 saturated carbocycles. The summed E-state index contributed by atoms with van der Waals surface area (Å²) >= 11 is 0. The van der Waals surface area contributed by atoms with Crippen LogP contribution in [0.4, 0.5) is 0 Å². The number of hydrogen-bond donors (Lipinski definition) is 0. The van der Waals surface area contributed by atoms with E-state index in [9.17, 15) is 0 Å². The second kappa shape index (κ2) is 9.28. The summed E-state index contributed by atoms with van der Waals surface area (Å²) in [5.74, 6) is 1.78. The number of ether oxygens (including phenoxy) is 2. The van der Waals surface area contributed by atoms with E-state index < -0.39 is 0 Å². The maximum Gasteiger partial charge on any atom is 0.143 e. The summed E-state index contributed by atoms with van der Waals surface area (Å²) in [6, 6.07) is 26.6. The van der Waals surface area contributed by atoms with Crippen molar-refractivity contribution in [2.75, 3.05) is 27.2 Å². The van der Waals surface area contributed by atoms with Gasteiger partial charge >= 0.3 is 0 Å². The van der Waals surface area contributed by atoms with Crippen LogP contribution in [0, 0.1) is 5.92 Å². The summed E-state index contributed by atoms with van der Waals surface area (Å²) in [4.78, 5) is 7.92. The molecule has 0 bridgehead atoms. The molecule has 0 amide bonds. The van der Waals surface area contributed by atoms with Crippen molar-refractivity contribution < 1.29 is 14.3 Å². The molecule has 0 radical (unpaired) electrons. The lowest BCUT2D eigenvalue weighted by Gasteiger charge is -2.28. The summed E-state index contributed by atoms with van der Waals surface area (Å²) in [5, 5.41) is 4.62. The Morgan fingerprint density at radius 2 is 1.76 bits per heavy atom. The molecule has 33 heavy (non-hydrogen) atoms. The zero-order chi connectivity index (χ0) is 22.7. The lowest BCUT2D eigenvalue weighted by Crippen LogP contribution is -2.28. The third-order valence-corrected chi connectivity index (χ3v) is 6.28. The van der Waals surface area contributed by atoms with Gasteiger partial charge in [0, 0.05) is 24.6 Å². The first-order chi connectivity index (χ1) is 16.2. The van der Waals surface area contributed by atoms with Crippen LogP contribution in [0.5, 0.6) is 11.5 Å². The molecule has 1 fully saturated rings. The van der Waals surface area contributed by atoms with Crippen molar-refractivity contribution in [3.05, 3.63) is 95.6 Å². The van der Waals surface area contributed by atoms with Crippen molar-refractivity contribution >= 4 is 5.71 Å². The predicted molar refractivity (Wildman–Crippen MR) is 130 cm³/mol. The summed E-state index contributed by atoms with van der Waals surface area (Å²) in [6.07, 6.45) is 1.83. The van der Waals surface area contributed by atoms with E-state index >= 15 is 0 Å². The first-order valence-electron chi connectivity index (χ1n) is 11.6. The van der Waals surface area contributed by atoms with Crippen molar-refractivity contribution in [1.29, 1.82) is 0 Å². The van der Waals surface area contributed by atoms with E-state index in [4.69, 9.17) is 14.3 Å². The van der Waals surface area contributed by atoms with Gasteiger partial charge in [-0.3, -0.25) is 0 Å². The Kier molecular flexibility index (Phi) is 6.05. The van der Waals surface area contributed by atoms with Gasteiger partial charge in [-0.25, -0.2) is 0 Å². The van der Waals surface area contributed by atoms with Crippen molar-refractivity contribution in [2.24, 2.45) is 11.1 Å². The van der Waals surface area contributed by atoms with Crippen LogP contribution in [0.1, 0.15) is 29.5 Å². The molecular formula is C28H30N2O3. The fourth-order valence-corrected chi connectivity index (χ4v) is 4.46. The zero-order valence-corrected chi connectivity index (χ0v) is 19.2. The lowest BCUT2D eigenvalue weighted by atomic mass is 9.95. The minimum absolute atomic E-state index is 0.192. The second-order valence-electron chi connectivity index (χ2n) is 9.01. The van der Waals surface area contributed by atoms with Crippen molar-refractivity contribution in [3.63, 3.8) is 0 Å². The van der Waals surface area contributed by atoms with E-state index in [0.29, 0.717) is 13.2 Å². The van der Waals surface area contributed by atoms with Gasteiger partial charge in [-0.05, 0) is 43.8 Å². The van der Waals surface area contributed by atoms with Crippen LogP contribution in [0.3, 0.4) is 0 Å². The van der Waals surface area contributed by atoms with Gasteiger partial charge in [0.15, 0.2) is 0 Å². The predicted octanol–water partition coefficient (Wildman–Crippen LogP) is 5.25. The Hall–Kier alpha value is -3.31. The molecule has 3 aromatic carbocycles. The monoisotopic (exact) mass is 442 g/mol. The minimum Gasteiger partial charge on any atom is -0.489 e. The van der Waals surface area contributed by atoms with Crippen LogP contribution in [0.2, 0.25) is 0 Å². The highest BCUT2D eigenvalue weighted by Gasteiger charge is 2.64. The van der Waals surface area contributed by atoms with Gasteiger partial charge in [-0.1, -0.05) is 65.8 Å². The summed E-state index contributed by atoms with van der Waals surface area (Å²) in [5.41, 5.74) is 3.89. The molecule has 0 saturated heterocycles. The average Bonchev–Trinajstić information content (AvgIpc) is 3.58. The molecule has 1 heterocycles. The molecule has 0 N–H and O–H groups in total. The average molecular weight is 443 g/mol. The highest BCUT2D eigenvalue weighted by Crippen LogP contribution is 2.60. The molecule has 0 spiro atoms. The van der Waals surface area contributed by atoms with Crippen LogP contribution in [-0.2, 0) is 17.0 Å². The van der Waals surface area contributed by atoms with E-state index in [0.717, 1.165) is 47.7 Å². The number of hydrogen-bond acceptors (Lipinski definition) is 5. The molecule has 5 nitrogen and oxygen atoms in total. The maximum atomic E-state index is 6.64. The third-order valence-electron chi connectivity index (χ3n) is 6.28. The molecule has 2 aliphatic rings. The summed E-state index contributed by atoms with van der Waals surface area (Å²) in [7, 11) is 4.13. The van der Waals surface area contributed by atoms with Crippen LogP contribution in [0.15, 0.2) is 84.0 Å². The van der Waals surface area contributed by atoms with Crippen molar-refractivity contribution in [3.8, 4) is 11.5 Å². The normalized spacial score (nSPS) is 21.8. The fourth-order valence-electron chi connectivity index (χ4n) is 4.46. The number of nitrogens with zero attached hydrogens (tertiary/aromatic N) is 2. The smallest absolute Gasteiger partial charge is 0.143 e. The van der Waals surface area contributed by atoms with Crippen molar-refractivity contribution in [2.45, 2.75) is 25.0 Å². The number of rotatable bonds is 9. The molecule has 5 heteroatoms. The Bertz CT molecular complexity index is 1110. The van der Waals surface area contributed by atoms with Gasteiger partial charge in [-0.2, -0.15) is 0 Å². The molecule has 1 aliphatic carbocycles. The Labute approximate surface area is 195 Å². The van der Waals surface area contributed by atoms with Gasteiger partial charge in [0.1, 0.15) is 30.3 Å². The van der Waals surface area contributed by atoms with Gasteiger partial charge in [-0.15, -0.1) is 0 Å². The molecule has 1 aliphatic heterocycles. The highest BCUT2D eigenvalue weighted by molar-refractivity contribution is 6.08. The van der Waals surface area contributed by atoms with Crippen molar-refractivity contribution in [1.82, 2.24) is 4.90 Å². The maximum absolute atomic E-state index is 6.64.